The van der Waals surface area contributed by atoms with Gasteiger partial charge in [0.1, 0.15) is 0 Å². The minimum atomic E-state index is -0.652. The second-order valence-corrected chi connectivity index (χ2v) is 9.54. The Hall–Kier alpha value is -2.54. The van der Waals surface area contributed by atoms with E-state index in [-0.39, 0.29) is 35.7 Å². The van der Waals surface area contributed by atoms with E-state index in [9.17, 15) is 14.4 Å². The average Bonchev–Trinajstić information content (AvgIpc) is 3.14. The summed E-state index contributed by atoms with van der Waals surface area (Å²) in [6, 6.07) is 7.12. The summed E-state index contributed by atoms with van der Waals surface area (Å²) in [5, 5.41) is 5.20. The van der Waals surface area contributed by atoms with Crippen LogP contribution in [0.3, 0.4) is 0 Å². The van der Waals surface area contributed by atoms with Gasteiger partial charge in [0.2, 0.25) is 5.91 Å². The van der Waals surface area contributed by atoms with Crippen LogP contribution >= 0.6 is 11.3 Å². The number of hydrogen-bond acceptors (Lipinski definition) is 5. The lowest BCUT2D eigenvalue weighted by Crippen LogP contribution is -2.51. The van der Waals surface area contributed by atoms with Crippen LogP contribution in [0.1, 0.15) is 65.4 Å². The molecule has 2 bridgehead atoms. The van der Waals surface area contributed by atoms with Crippen molar-refractivity contribution in [2.45, 2.75) is 63.6 Å². The Kier molecular flexibility index (Phi) is 4.73. The van der Waals surface area contributed by atoms with E-state index in [4.69, 9.17) is 0 Å². The summed E-state index contributed by atoms with van der Waals surface area (Å²) in [5.41, 5.74) is 2.94. The summed E-state index contributed by atoms with van der Waals surface area (Å²) < 4.78 is 0. The average molecular weight is 424 g/mol. The molecule has 1 aromatic carbocycles. The minimum absolute atomic E-state index is 0.0195. The largest absolute Gasteiger partial charge is 0.353 e. The molecule has 7 heteroatoms. The fourth-order valence-corrected chi connectivity index (χ4v) is 5.88. The van der Waals surface area contributed by atoms with Gasteiger partial charge in [-0.2, -0.15) is 0 Å². The number of nitrogens with one attached hydrogen (secondary N) is 1. The Balaban J connectivity index is 1.50. The quantitative estimate of drug-likeness (QED) is 0.724. The van der Waals surface area contributed by atoms with Crippen LogP contribution < -0.4 is 5.32 Å². The van der Waals surface area contributed by atoms with Crippen molar-refractivity contribution in [3.8, 4) is 0 Å². The third kappa shape index (κ3) is 3.16. The first-order valence-electron chi connectivity index (χ1n) is 10.6. The van der Waals surface area contributed by atoms with Crippen LogP contribution in [0.2, 0.25) is 0 Å². The smallest absolute Gasteiger partial charge is 0.255 e. The van der Waals surface area contributed by atoms with Gasteiger partial charge in [0, 0.05) is 35.5 Å². The summed E-state index contributed by atoms with van der Waals surface area (Å²) in [5.74, 6) is -0.193. The van der Waals surface area contributed by atoms with Crippen LogP contribution in [0.15, 0.2) is 35.2 Å². The molecule has 0 radical (unpaired) electrons. The molecule has 2 saturated heterocycles. The number of nitrogens with zero attached hydrogens (tertiary/aromatic N) is 2. The molecule has 2 amide bonds. The second-order valence-electron chi connectivity index (χ2n) is 8.83. The van der Waals surface area contributed by atoms with Crippen LogP contribution in [0.25, 0.3) is 0 Å². The molecular weight excluding hydrogens is 398 g/mol. The molecule has 1 aliphatic carbocycles. The highest BCUT2D eigenvalue weighted by atomic mass is 32.1. The van der Waals surface area contributed by atoms with Gasteiger partial charge in [-0.1, -0.05) is 18.2 Å². The molecule has 6 nitrogen and oxygen atoms in total. The molecule has 1 saturated carbocycles. The third-order valence-corrected chi connectivity index (χ3v) is 7.49. The number of fused-ring (bicyclic) bond motifs is 2. The van der Waals surface area contributed by atoms with Gasteiger partial charge < -0.3 is 10.2 Å². The van der Waals surface area contributed by atoms with Gasteiger partial charge in [-0.15, -0.1) is 11.3 Å². The first-order chi connectivity index (χ1) is 14.5. The summed E-state index contributed by atoms with van der Waals surface area (Å²) in [6.45, 7) is 1.49. The van der Waals surface area contributed by atoms with E-state index in [1.807, 2.05) is 10.3 Å². The zero-order valence-electron chi connectivity index (χ0n) is 17.0. The number of rotatable bonds is 6. The lowest BCUT2D eigenvalue weighted by molar-refractivity contribution is -0.133. The van der Waals surface area contributed by atoms with Gasteiger partial charge in [0.15, 0.2) is 5.78 Å². The highest BCUT2D eigenvalue weighted by Crippen LogP contribution is 2.52. The second kappa shape index (κ2) is 7.30. The van der Waals surface area contributed by atoms with Crippen molar-refractivity contribution in [1.82, 2.24) is 15.2 Å². The highest BCUT2D eigenvalue weighted by Gasteiger charge is 2.61. The van der Waals surface area contributed by atoms with Crippen molar-refractivity contribution in [3.63, 3.8) is 0 Å². The van der Waals surface area contributed by atoms with E-state index in [1.54, 1.807) is 29.8 Å². The van der Waals surface area contributed by atoms with Crippen molar-refractivity contribution < 1.29 is 14.4 Å². The standard InChI is InChI=1S/C23H25N3O3S/c1-14(27)18-4-2-3-5-19(18)21(28)26-17-8-9-20(26)23(11-17,10-16-12-30-13-24-16)22(29)25-15-6-7-15/h2-5,12-13,15,17,20H,6-11H2,1H3,(H,25,29)/t17-,20+,23+/m1/s1. The van der Waals surface area contributed by atoms with Crippen molar-refractivity contribution in [2.75, 3.05) is 0 Å². The van der Waals surface area contributed by atoms with Gasteiger partial charge >= 0.3 is 0 Å². The molecule has 3 fully saturated rings. The molecule has 5 rings (SSSR count). The van der Waals surface area contributed by atoms with Crippen LogP contribution in [-0.2, 0) is 11.2 Å². The molecule has 0 spiro atoms. The van der Waals surface area contributed by atoms with E-state index in [2.05, 4.69) is 10.3 Å². The number of ketones is 1. The predicted molar refractivity (Wildman–Crippen MR) is 113 cm³/mol. The number of hydrogen-bond donors (Lipinski definition) is 1. The number of aromatic nitrogens is 1. The molecule has 1 N–H and O–H groups in total. The molecule has 0 unspecified atom stereocenters. The number of amides is 2. The maximum Gasteiger partial charge on any atom is 0.255 e. The summed E-state index contributed by atoms with van der Waals surface area (Å²) in [6.07, 6.45) is 4.97. The topological polar surface area (TPSA) is 79.4 Å². The molecule has 3 heterocycles. The van der Waals surface area contributed by atoms with Gasteiger partial charge in [-0.05, 0) is 45.1 Å². The van der Waals surface area contributed by atoms with E-state index < -0.39 is 5.41 Å². The van der Waals surface area contributed by atoms with E-state index in [1.165, 1.54) is 18.3 Å². The highest BCUT2D eigenvalue weighted by molar-refractivity contribution is 7.07. The Bertz CT molecular complexity index is 1000. The van der Waals surface area contributed by atoms with Crippen molar-refractivity contribution in [3.05, 3.63) is 52.0 Å². The SMILES string of the molecule is CC(=O)c1ccccc1C(=O)N1[C@@H]2CC[C@H]1[C@@](Cc1cscn1)(C(=O)NC1CC1)C2. The number of carbonyl (C=O) groups excluding carboxylic acids is 3. The molecule has 30 heavy (non-hydrogen) atoms. The van der Waals surface area contributed by atoms with Crippen molar-refractivity contribution in [2.24, 2.45) is 5.41 Å². The van der Waals surface area contributed by atoms with E-state index >= 15 is 0 Å². The Morgan fingerprint density at radius 3 is 2.60 bits per heavy atom. The predicted octanol–water partition coefficient (Wildman–Crippen LogP) is 3.23. The molecular formula is C23H25N3O3S. The zero-order chi connectivity index (χ0) is 20.9. The molecule has 3 aliphatic rings. The number of carbonyl (C=O) groups is 3. The molecule has 156 valence electrons. The lowest BCUT2D eigenvalue weighted by atomic mass is 9.70. The van der Waals surface area contributed by atoms with Crippen LogP contribution in [0, 0.1) is 5.41 Å². The normalized spacial score (nSPS) is 27.3. The van der Waals surface area contributed by atoms with E-state index in [0.717, 1.165) is 31.4 Å². The van der Waals surface area contributed by atoms with E-state index in [0.29, 0.717) is 24.0 Å². The monoisotopic (exact) mass is 423 g/mol. The number of thiazole rings is 1. The van der Waals surface area contributed by atoms with Gasteiger partial charge in [0.25, 0.3) is 5.91 Å². The Morgan fingerprint density at radius 2 is 1.93 bits per heavy atom. The Labute approximate surface area is 179 Å². The minimum Gasteiger partial charge on any atom is -0.353 e. The first-order valence-corrected chi connectivity index (χ1v) is 11.5. The van der Waals surface area contributed by atoms with Crippen molar-refractivity contribution >= 4 is 28.9 Å². The van der Waals surface area contributed by atoms with Gasteiger partial charge in [-0.25, -0.2) is 4.98 Å². The van der Waals surface area contributed by atoms with Gasteiger partial charge in [0.05, 0.1) is 22.2 Å². The summed E-state index contributed by atoms with van der Waals surface area (Å²) in [4.78, 5) is 45.5. The van der Waals surface area contributed by atoms with Crippen LogP contribution in [0.5, 0.6) is 0 Å². The third-order valence-electron chi connectivity index (χ3n) is 6.86. The van der Waals surface area contributed by atoms with Crippen LogP contribution in [-0.4, -0.2) is 45.6 Å². The number of benzene rings is 1. The van der Waals surface area contributed by atoms with Crippen molar-refractivity contribution in [1.29, 1.82) is 0 Å². The molecule has 2 aromatic rings. The number of Topliss-reactive ketones (excluding diaryl/α,β-unsaturated/α-hetero) is 1. The van der Waals surface area contributed by atoms with Crippen LogP contribution in [0.4, 0.5) is 0 Å². The maximum atomic E-state index is 13.6. The summed E-state index contributed by atoms with van der Waals surface area (Å²) in [7, 11) is 0. The molecule has 2 aliphatic heterocycles. The first kappa shape index (κ1) is 19.4. The summed E-state index contributed by atoms with van der Waals surface area (Å²) >= 11 is 1.53. The zero-order valence-corrected chi connectivity index (χ0v) is 17.8. The molecule has 3 atom stereocenters. The fourth-order valence-electron chi connectivity index (χ4n) is 5.32. The lowest BCUT2D eigenvalue weighted by Gasteiger charge is -2.36. The Morgan fingerprint density at radius 1 is 1.17 bits per heavy atom. The van der Waals surface area contributed by atoms with Gasteiger partial charge in [-0.3, -0.25) is 14.4 Å². The fraction of sp³-hybridized carbons (Fsp3) is 0.478. The molecule has 1 aromatic heterocycles. The maximum absolute atomic E-state index is 13.6.